The molecule has 0 saturated carbocycles. The topological polar surface area (TPSA) is 157 Å². The number of aryl methyl sites for hydroxylation is 1. The molecule has 0 unspecified atom stereocenters. The number of anilines is 2. The number of amides is 3. The van der Waals surface area contributed by atoms with Crippen LogP contribution in [0.2, 0.25) is 0 Å². The summed E-state index contributed by atoms with van der Waals surface area (Å²) in [5.41, 5.74) is -0.793. The van der Waals surface area contributed by atoms with Crippen molar-refractivity contribution in [1.82, 2.24) is 24.8 Å². The Morgan fingerprint density at radius 3 is 2.61 bits per heavy atom. The van der Waals surface area contributed by atoms with Gasteiger partial charge in [-0.2, -0.15) is 4.39 Å². The minimum absolute atomic E-state index is 0.141. The molecule has 0 saturated heterocycles. The summed E-state index contributed by atoms with van der Waals surface area (Å²) in [4.78, 5) is 65.1. The molecule has 5 heterocycles. The molecular weight excluding hydrogens is 634 g/mol. The normalized spacial score (nSPS) is 14.1. The number of hydrogen-bond donors (Lipinski definition) is 3. The first-order valence-corrected chi connectivity index (χ1v) is 15.9. The summed E-state index contributed by atoms with van der Waals surface area (Å²) in [7, 11) is 0. The van der Waals surface area contributed by atoms with Crippen LogP contribution < -0.4 is 21.5 Å². The summed E-state index contributed by atoms with van der Waals surface area (Å²) in [6.07, 6.45) is 3.02. The summed E-state index contributed by atoms with van der Waals surface area (Å²) in [6, 6.07) is 11.5. The lowest BCUT2D eigenvalue weighted by atomic mass is 10.2. The number of thiophene rings is 1. The maximum absolute atomic E-state index is 14.5. The van der Waals surface area contributed by atoms with Crippen LogP contribution in [-0.4, -0.2) is 43.0 Å². The van der Waals surface area contributed by atoms with Crippen LogP contribution in [0.3, 0.4) is 0 Å². The molecule has 0 fully saturated rings. The quantitative estimate of drug-likeness (QED) is 0.206. The number of nitrogens with one attached hydrogen (secondary N) is 3. The number of hydrogen-bond acceptors (Lipinski definition) is 10. The number of halogens is 1. The Balaban J connectivity index is 1.12. The monoisotopic (exact) mass is 661 g/mol. The number of thiazole rings is 1. The van der Waals surface area contributed by atoms with E-state index in [4.69, 9.17) is 4.74 Å². The Hall–Kier alpha value is -5.02. The summed E-state index contributed by atoms with van der Waals surface area (Å²) < 4.78 is 21.9. The Kier molecular flexibility index (Phi) is 8.35. The predicted octanol–water partition coefficient (Wildman–Crippen LogP) is 5.52. The van der Waals surface area contributed by atoms with E-state index in [0.29, 0.717) is 30.0 Å². The highest BCUT2D eigenvalue weighted by atomic mass is 32.1. The molecule has 3 amide bonds. The van der Waals surface area contributed by atoms with E-state index in [1.807, 2.05) is 6.07 Å². The first kappa shape index (κ1) is 31.0. The molecule has 1 aliphatic heterocycles. The SMILES string of the molecule is CC(C)(C)OC(=O)Nc1cc2sc(CNC(=O)[C@@H]3CCc4ncc(NC(=O)c5nc(F)c(-c6ccccc6)s5)c(=O)n43)cc2cn1. The molecule has 15 heteroatoms. The maximum Gasteiger partial charge on any atom is 0.413 e. The summed E-state index contributed by atoms with van der Waals surface area (Å²) >= 11 is 2.30. The highest BCUT2D eigenvalue weighted by molar-refractivity contribution is 7.19. The molecule has 1 aromatic carbocycles. The van der Waals surface area contributed by atoms with E-state index in [9.17, 15) is 23.6 Å². The first-order chi connectivity index (χ1) is 21.9. The van der Waals surface area contributed by atoms with Crippen molar-refractivity contribution in [2.24, 2.45) is 0 Å². The van der Waals surface area contributed by atoms with Crippen molar-refractivity contribution < 1.29 is 23.5 Å². The Morgan fingerprint density at radius 1 is 1.07 bits per heavy atom. The zero-order valence-corrected chi connectivity index (χ0v) is 26.6. The third-order valence-corrected chi connectivity index (χ3v) is 9.08. The number of pyridine rings is 1. The van der Waals surface area contributed by atoms with E-state index >= 15 is 0 Å². The van der Waals surface area contributed by atoms with Crippen LogP contribution in [0, 0.1) is 5.95 Å². The lowest BCUT2D eigenvalue weighted by Crippen LogP contribution is -2.36. The smallest absolute Gasteiger partial charge is 0.413 e. The number of fused-ring (bicyclic) bond motifs is 2. The van der Waals surface area contributed by atoms with Crippen LogP contribution in [0.15, 0.2) is 59.7 Å². The molecule has 0 aliphatic carbocycles. The zero-order chi connectivity index (χ0) is 32.6. The minimum Gasteiger partial charge on any atom is -0.444 e. The van der Waals surface area contributed by atoms with E-state index in [1.54, 1.807) is 63.4 Å². The van der Waals surface area contributed by atoms with Crippen molar-refractivity contribution in [3.8, 4) is 10.4 Å². The molecule has 0 spiro atoms. The van der Waals surface area contributed by atoms with Crippen molar-refractivity contribution in [3.05, 3.63) is 86.9 Å². The zero-order valence-electron chi connectivity index (χ0n) is 24.9. The molecule has 1 aliphatic rings. The molecule has 46 heavy (non-hydrogen) atoms. The van der Waals surface area contributed by atoms with Crippen LogP contribution in [0.4, 0.5) is 20.7 Å². The van der Waals surface area contributed by atoms with Gasteiger partial charge >= 0.3 is 6.09 Å². The van der Waals surface area contributed by atoms with Gasteiger partial charge in [0.15, 0.2) is 5.01 Å². The fourth-order valence-corrected chi connectivity index (χ4v) is 6.78. The van der Waals surface area contributed by atoms with Crippen LogP contribution in [0.1, 0.15) is 53.7 Å². The minimum atomic E-state index is -0.825. The fourth-order valence-electron chi connectivity index (χ4n) is 4.92. The van der Waals surface area contributed by atoms with Gasteiger partial charge < -0.3 is 15.4 Å². The van der Waals surface area contributed by atoms with Gasteiger partial charge in [-0.05, 0) is 44.9 Å². The number of nitrogens with zero attached hydrogens (tertiary/aromatic N) is 4. The van der Waals surface area contributed by atoms with E-state index in [1.165, 1.54) is 22.1 Å². The molecule has 5 aromatic rings. The van der Waals surface area contributed by atoms with Crippen LogP contribution in [-0.2, 0) is 22.5 Å². The van der Waals surface area contributed by atoms with Gasteiger partial charge in [-0.15, -0.1) is 22.7 Å². The number of ether oxygens (including phenoxy) is 1. The lowest BCUT2D eigenvalue weighted by molar-refractivity contribution is -0.124. The molecule has 4 aromatic heterocycles. The summed E-state index contributed by atoms with van der Waals surface area (Å²) in [6.45, 7) is 5.51. The molecule has 1 atom stereocenters. The van der Waals surface area contributed by atoms with Crippen molar-refractivity contribution >= 4 is 62.2 Å². The standard InChI is InChI=1S/C31H28FN7O5S2/c1-31(2,3)44-30(43)37-22-12-21-17(13-33-22)11-18(45-21)14-35-26(40)20-9-10-23-34-15-19(29(42)39(20)23)36-27(41)28-38-25(32)24(46-28)16-7-5-4-6-8-16/h4-8,11-13,15,20H,9-10,14H2,1-3H3,(H,35,40)(H,36,41)(H,33,37,43)/t20-/m0/s1. The second-order valence-corrected chi connectivity index (χ2v) is 13.6. The van der Waals surface area contributed by atoms with E-state index in [2.05, 4.69) is 30.9 Å². The van der Waals surface area contributed by atoms with Crippen molar-refractivity contribution in [2.75, 3.05) is 10.6 Å². The second-order valence-electron chi connectivity index (χ2n) is 11.4. The van der Waals surface area contributed by atoms with E-state index < -0.39 is 35.2 Å². The highest BCUT2D eigenvalue weighted by Gasteiger charge is 2.31. The molecule has 12 nitrogen and oxygen atoms in total. The predicted molar refractivity (Wildman–Crippen MR) is 173 cm³/mol. The van der Waals surface area contributed by atoms with Gasteiger partial charge in [0.2, 0.25) is 11.9 Å². The van der Waals surface area contributed by atoms with Gasteiger partial charge in [0.25, 0.3) is 11.5 Å². The molecular formula is C31H28FN7O5S2. The van der Waals surface area contributed by atoms with Gasteiger partial charge in [0.1, 0.15) is 29.0 Å². The van der Waals surface area contributed by atoms with E-state index in [-0.39, 0.29) is 28.0 Å². The van der Waals surface area contributed by atoms with Crippen LogP contribution >= 0.6 is 22.7 Å². The third-order valence-electron chi connectivity index (χ3n) is 6.91. The first-order valence-electron chi connectivity index (χ1n) is 14.2. The van der Waals surface area contributed by atoms with Gasteiger partial charge in [-0.1, -0.05) is 30.3 Å². The average Bonchev–Trinajstić information content (AvgIpc) is 3.73. The molecule has 0 bridgehead atoms. The van der Waals surface area contributed by atoms with Crippen molar-refractivity contribution in [3.63, 3.8) is 0 Å². The highest BCUT2D eigenvalue weighted by Crippen LogP contribution is 2.30. The van der Waals surface area contributed by atoms with Crippen molar-refractivity contribution in [1.29, 1.82) is 0 Å². The Labute approximate surface area is 269 Å². The third kappa shape index (κ3) is 6.65. The average molecular weight is 662 g/mol. The van der Waals surface area contributed by atoms with Gasteiger partial charge in [0, 0.05) is 27.6 Å². The summed E-state index contributed by atoms with van der Waals surface area (Å²) in [5.74, 6) is -1.15. The lowest BCUT2D eigenvalue weighted by Gasteiger charge is -2.19. The fraction of sp³-hybridized carbons (Fsp3) is 0.258. The summed E-state index contributed by atoms with van der Waals surface area (Å²) in [5, 5.41) is 8.68. The molecule has 6 rings (SSSR count). The molecule has 236 valence electrons. The van der Waals surface area contributed by atoms with Gasteiger partial charge in [0.05, 0.1) is 17.6 Å². The molecule has 0 radical (unpaired) electrons. The van der Waals surface area contributed by atoms with Crippen LogP contribution in [0.25, 0.3) is 20.5 Å². The number of benzene rings is 1. The van der Waals surface area contributed by atoms with Crippen molar-refractivity contribution in [2.45, 2.75) is 51.8 Å². The Bertz CT molecular complexity index is 2030. The van der Waals surface area contributed by atoms with Gasteiger partial charge in [-0.3, -0.25) is 24.3 Å². The number of carbonyl (C=O) groups is 3. The number of aromatic nitrogens is 4. The van der Waals surface area contributed by atoms with Gasteiger partial charge in [-0.25, -0.2) is 19.7 Å². The van der Waals surface area contributed by atoms with Crippen LogP contribution in [0.5, 0.6) is 0 Å². The second kappa shape index (κ2) is 12.4. The largest absolute Gasteiger partial charge is 0.444 e. The number of carbonyl (C=O) groups excluding carboxylic acids is 3. The van der Waals surface area contributed by atoms with E-state index in [0.717, 1.165) is 26.3 Å². The molecule has 3 N–H and O–H groups in total. The maximum atomic E-state index is 14.5. The number of rotatable bonds is 7. The Morgan fingerprint density at radius 2 is 1.85 bits per heavy atom.